The van der Waals surface area contributed by atoms with E-state index in [1.54, 1.807) is 56.1 Å². The lowest BCUT2D eigenvalue weighted by molar-refractivity contribution is 0.324. The minimum Gasteiger partial charge on any atom is -0.493 e. The zero-order valence-corrected chi connectivity index (χ0v) is 17.6. The summed E-state index contributed by atoms with van der Waals surface area (Å²) in [7, 11) is 4.69. The molecular weight excluding hydrogens is 396 g/mol. The first-order chi connectivity index (χ1) is 13.6. The second-order valence-corrected chi connectivity index (χ2v) is 6.86. The number of aromatic amines is 1. The van der Waals surface area contributed by atoms with Gasteiger partial charge in [-0.2, -0.15) is 14.9 Å². The van der Waals surface area contributed by atoms with Gasteiger partial charge in [0.05, 0.1) is 27.5 Å². The van der Waals surface area contributed by atoms with Crippen molar-refractivity contribution < 1.29 is 14.2 Å². The highest BCUT2D eigenvalue weighted by molar-refractivity contribution is 7.98. The summed E-state index contributed by atoms with van der Waals surface area (Å²) in [6.45, 7) is 0. The Hall–Kier alpha value is -2.78. The monoisotopic (exact) mass is 416 g/mol. The third-order valence-electron chi connectivity index (χ3n) is 4.01. The van der Waals surface area contributed by atoms with Gasteiger partial charge in [-0.05, 0) is 48.3 Å². The number of thioether (sulfide) groups is 1. The average Bonchev–Trinajstić information content (AvgIpc) is 3.11. The van der Waals surface area contributed by atoms with Crippen LogP contribution in [0, 0.1) is 4.77 Å². The molecule has 1 aromatic heterocycles. The first kappa shape index (κ1) is 20.0. The third kappa shape index (κ3) is 4.05. The summed E-state index contributed by atoms with van der Waals surface area (Å²) >= 11 is 7.03. The van der Waals surface area contributed by atoms with Crippen LogP contribution in [0.25, 0.3) is 11.4 Å². The molecule has 2 aromatic carbocycles. The summed E-state index contributed by atoms with van der Waals surface area (Å²) in [5.74, 6) is 2.08. The predicted molar refractivity (Wildman–Crippen MR) is 114 cm³/mol. The van der Waals surface area contributed by atoms with Crippen LogP contribution in [0.1, 0.15) is 5.56 Å². The molecule has 1 heterocycles. The van der Waals surface area contributed by atoms with E-state index in [1.807, 2.05) is 30.5 Å². The molecule has 146 valence electrons. The van der Waals surface area contributed by atoms with E-state index in [0.29, 0.717) is 27.8 Å². The SMILES string of the molecule is COc1cc(-c2n[nH]c(=S)n2/N=C/c2ccc(SC)cc2)cc(OC)c1OC. The second-order valence-electron chi connectivity index (χ2n) is 5.60. The van der Waals surface area contributed by atoms with Crippen LogP contribution in [0.4, 0.5) is 0 Å². The zero-order chi connectivity index (χ0) is 20.1. The van der Waals surface area contributed by atoms with Crippen molar-refractivity contribution in [3.8, 4) is 28.6 Å². The van der Waals surface area contributed by atoms with Gasteiger partial charge < -0.3 is 14.2 Å². The fraction of sp³-hybridized carbons (Fsp3) is 0.211. The molecule has 0 atom stereocenters. The molecule has 0 spiro atoms. The minimum absolute atomic E-state index is 0.376. The van der Waals surface area contributed by atoms with Gasteiger partial charge in [0.1, 0.15) is 0 Å². The molecule has 9 heteroatoms. The highest BCUT2D eigenvalue weighted by Crippen LogP contribution is 2.40. The van der Waals surface area contributed by atoms with Crippen molar-refractivity contribution >= 4 is 30.2 Å². The maximum atomic E-state index is 5.42. The fourth-order valence-electron chi connectivity index (χ4n) is 2.61. The molecule has 0 amide bonds. The number of aromatic nitrogens is 3. The summed E-state index contributed by atoms with van der Waals surface area (Å²) in [5.41, 5.74) is 1.67. The van der Waals surface area contributed by atoms with Gasteiger partial charge in [0.2, 0.25) is 10.5 Å². The largest absolute Gasteiger partial charge is 0.493 e. The van der Waals surface area contributed by atoms with Gasteiger partial charge in [-0.15, -0.1) is 11.8 Å². The molecule has 0 unspecified atom stereocenters. The highest BCUT2D eigenvalue weighted by atomic mass is 32.2. The molecule has 0 saturated carbocycles. The number of benzene rings is 2. The Labute approximate surface area is 172 Å². The van der Waals surface area contributed by atoms with Crippen molar-refractivity contribution in [2.75, 3.05) is 27.6 Å². The molecule has 1 N–H and O–H groups in total. The Balaban J connectivity index is 2.03. The van der Waals surface area contributed by atoms with E-state index in [4.69, 9.17) is 26.4 Å². The van der Waals surface area contributed by atoms with E-state index in [0.717, 1.165) is 11.1 Å². The van der Waals surface area contributed by atoms with Gasteiger partial charge in [-0.3, -0.25) is 0 Å². The predicted octanol–water partition coefficient (Wildman–Crippen LogP) is 4.24. The molecule has 0 aliphatic rings. The summed E-state index contributed by atoms with van der Waals surface area (Å²) in [6, 6.07) is 11.7. The van der Waals surface area contributed by atoms with Crippen LogP contribution in [-0.4, -0.2) is 48.7 Å². The number of hydrogen-bond acceptors (Lipinski definition) is 7. The number of methoxy groups -OCH3 is 3. The molecule has 0 fully saturated rings. The summed E-state index contributed by atoms with van der Waals surface area (Å²) in [6.07, 6.45) is 3.77. The van der Waals surface area contributed by atoms with Crippen molar-refractivity contribution in [2.24, 2.45) is 5.10 Å². The maximum Gasteiger partial charge on any atom is 0.216 e. The molecule has 3 aromatic rings. The second kappa shape index (κ2) is 8.94. The van der Waals surface area contributed by atoms with Crippen molar-refractivity contribution in [2.45, 2.75) is 4.90 Å². The number of ether oxygens (including phenoxy) is 3. The number of nitrogens with zero attached hydrogens (tertiary/aromatic N) is 3. The van der Waals surface area contributed by atoms with Gasteiger partial charge in [-0.1, -0.05) is 12.1 Å². The van der Waals surface area contributed by atoms with E-state index in [1.165, 1.54) is 4.90 Å². The van der Waals surface area contributed by atoms with Crippen molar-refractivity contribution in [1.29, 1.82) is 0 Å². The van der Waals surface area contributed by atoms with E-state index < -0.39 is 0 Å². The van der Waals surface area contributed by atoms with Gasteiger partial charge >= 0.3 is 0 Å². The molecule has 7 nitrogen and oxygen atoms in total. The van der Waals surface area contributed by atoms with Gasteiger partial charge in [-0.25, -0.2) is 5.10 Å². The maximum absolute atomic E-state index is 5.42. The topological polar surface area (TPSA) is 73.7 Å². The standard InChI is InChI=1S/C19H20N4O3S2/c1-24-15-9-13(10-16(25-2)17(15)26-3)18-21-22-19(27)23(18)20-11-12-5-7-14(28-4)8-6-12/h5-11H,1-4H3,(H,22,27)/b20-11+. The van der Waals surface area contributed by atoms with Crippen LogP contribution < -0.4 is 14.2 Å². The summed E-state index contributed by atoms with van der Waals surface area (Å²) in [5, 5.41) is 11.6. The van der Waals surface area contributed by atoms with Gasteiger partial charge in [0.25, 0.3) is 0 Å². The third-order valence-corrected chi connectivity index (χ3v) is 5.02. The van der Waals surface area contributed by atoms with Crippen LogP contribution in [-0.2, 0) is 0 Å². The molecular formula is C19H20N4O3S2. The van der Waals surface area contributed by atoms with Crippen LogP contribution in [0.3, 0.4) is 0 Å². The zero-order valence-electron chi connectivity index (χ0n) is 15.9. The van der Waals surface area contributed by atoms with Crippen LogP contribution in [0.5, 0.6) is 17.2 Å². The Morgan fingerprint density at radius 1 is 1.07 bits per heavy atom. The molecule has 28 heavy (non-hydrogen) atoms. The molecule has 3 rings (SSSR count). The normalized spacial score (nSPS) is 11.0. The summed E-state index contributed by atoms with van der Waals surface area (Å²) in [4.78, 5) is 1.19. The molecule has 0 aliphatic carbocycles. The van der Waals surface area contributed by atoms with Crippen molar-refractivity contribution in [3.05, 3.63) is 46.7 Å². The number of rotatable bonds is 7. The lowest BCUT2D eigenvalue weighted by atomic mass is 10.1. The molecule has 0 saturated heterocycles. The Morgan fingerprint density at radius 3 is 2.25 bits per heavy atom. The number of H-pyrrole nitrogens is 1. The van der Waals surface area contributed by atoms with Crippen LogP contribution in [0.2, 0.25) is 0 Å². The Morgan fingerprint density at radius 2 is 1.71 bits per heavy atom. The first-order valence-corrected chi connectivity index (χ1v) is 9.90. The van der Waals surface area contributed by atoms with Gasteiger partial charge in [0.15, 0.2) is 17.3 Å². The quantitative estimate of drug-likeness (QED) is 0.353. The lowest BCUT2D eigenvalue weighted by Gasteiger charge is -2.13. The van der Waals surface area contributed by atoms with E-state index in [2.05, 4.69) is 15.3 Å². The van der Waals surface area contributed by atoms with Crippen LogP contribution in [0.15, 0.2) is 46.4 Å². The summed E-state index contributed by atoms with van der Waals surface area (Å²) < 4.78 is 18.1. The van der Waals surface area contributed by atoms with Crippen molar-refractivity contribution in [1.82, 2.24) is 14.9 Å². The van der Waals surface area contributed by atoms with E-state index >= 15 is 0 Å². The van der Waals surface area contributed by atoms with Gasteiger partial charge in [0, 0.05) is 10.5 Å². The lowest BCUT2D eigenvalue weighted by Crippen LogP contribution is -1.99. The Kier molecular flexibility index (Phi) is 6.37. The Bertz CT molecular complexity index is 1020. The molecule has 0 radical (unpaired) electrons. The van der Waals surface area contributed by atoms with E-state index in [9.17, 15) is 0 Å². The van der Waals surface area contributed by atoms with Crippen LogP contribution >= 0.6 is 24.0 Å². The first-order valence-electron chi connectivity index (χ1n) is 8.27. The van der Waals surface area contributed by atoms with Crippen molar-refractivity contribution in [3.63, 3.8) is 0 Å². The van der Waals surface area contributed by atoms with E-state index in [-0.39, 0.29) is 0 Å². The molecule has 0 aliphatic heterocycles. The smallest absolute Gasteiger partial charge is 0.216 e. The minimum atomic E-state index is 0.376. The highest BCUT2D eigenvalue weighted by Gasteiger charge is 2.17. The average molecular weight is 417 g/mol. The molecule has 0 bridgehead atoms. The fourth-order valence-corrected chi connectivity index (χ4v) is 3.20. The number of hydrogen-bond donors (Lipinski definition) is 1. The number of nitrogens with one attached hydrogen (secondary N) is 1.